The fraction of sp³-hybridized carbons (Fsp3) is 0.375. The number of anilines is 1. The summed E-state index contributed by atoms with van der Waals surface area (Å²) in [5.41, 5.74) is 0.510. The maximum Gasteiger partial charge on any atom is 0.204 e. The number of carbonyl (C=O) groups is 1. The number of nitrogens with zero attached hydrogens (tertiary/aromatic N) is 1. The van der Waals surface area contributed by atoms with Gasteiger partial charge in [-0.2, -0.15) is 0 Å². The minimum atomic E-state index is -1.48. The largest absolute Gasteiger partial charge is 0.394 e. The Kier molecular flexibility index (Phi) is 6.03. The zero-order valence-corrected chi connectivity index (χ0v) is 15.7. The number of benzene rings is 1. The second-order valence-corrected chi connectivity index (χ2v) is 7.71. The van der Waals surface area contributed by atoms with Crippen molar-refractivity contribution in [2.75, 3.05) is 11.9 Å². The predicted octanol–water partition coefficient (Wildman–Crippen LogP) is 0.348. The summed E-state index contributed by atoms with van der Waals surface area (Å²) in [7, 11) is 0. The van der Waals surface area contributed by atoms with E-state index < -0.39 is 37.3 Å². The van der Waals surface area contributed by atoms with Crippen LogP contribution in [0.4, 0.5) is 5.13 Å². The van der Waals surface area contributed by atoms with Gasteiger partial charge in [-0.05, 0) is 24.3 Å². The first-order valence-electron chi connectivity index (χ1n) is 7.74. The molecule has 5 unspecified atom stereocenters. The van der Waals surface area contributed by atoms with E-state index in [0.29, 0.717) is 15.6 Å². The highest BCUT2D eigenvalue weighted by Crippen LogP contribution is 2.26. The molecule has 0 spiro atoms. The van der Waals surface area contributed by atoms with E-state index in [-0.39, 0.29) is 5.78 Å². The number of aliphatic hydroxyl groups excluding tert-OH is 4. The molecular formula is C16H17BrN2O6S. The molecule has 140 valence electrons. The SMILES string of the molecule is O=C(c1ccc(Br)cc1)c1cnc(NC2OC(CO)C(O)C(O)C2O)s1. The van der Waals surface area contributed by atoms with Crippen LogP contribution >= 0.6 is 27.3 Å². The van der Waals surface area contributed by atoms with E-state index in [2.05, 4.69) is 26.2 Å². The summed E-state index contributed by atoms with van der Waals surface area (Å²) < 4.78 is 6.22. The molecule has 26 heavy (non-hydrogen) atoms. The van der Waals surface area contributed by atoms with E-state index in [1.165, 1.54) is 6.20 Å². The van der Waals surface area contributed by atoms with Crippen molar-refractivity contribution < 1.29 is 30.0 Å². The Labute approximate surface area is 161 Å². The van der Waals surface area contributed by atoms with Crippen molar-refractivity contribution in [3.05, 3.63) is 45.4 Å². The highest BCUT2D eigenvalue weighted by Gasteiger charge is 2.43. The van der Waals surface area contributed by atoms with Crippen LogP contribution < -0.4 is 5.32 Å². The summed E-state index contributed by atoms with van der Waals surface area (Å²) in [6.07, 6.45) is -5.05. The van der Waals surface area contributed by atoms with E-state index in [1.807, 2.05) is 0 Å². The maximum atomic E-state index is 12.5. The van der Waals surface area contributed by atoms with Gasteiger partial charge in [-0.1, -0.05) is 27.3 Å². The van der Waals surface area contributed by atoms with E-state index in [0.717, 1.165) is 15.8 Å². The average molecular weight is 445 g/mol. The Balaban J connectivity index is 1.71. The second-order valence-electron chi connectivity index (χ2n) is 5.76. The molecule has 0 bridgehead atoms. The van der Waals surface area contributed by atoms with Crippen molar-refractivity contribution in [1.82, 2.24) is 4.98 Å². The monoisotopic (exact) mass is 444 g/mol. The third-order valence-electron chi connectivity index (χ3n) is 3.99. The van der Waals surface area contributed by atoms with Crippen molar-refractivity contribution in [3.8, 4) is 0 Å². The van der Waals surface area contributed by atoms with Crippen LogP contribution in [-0.4, -0.2) is 68.4 Å². The molecule has 0 saturated carbocycles. The number of carbonyl (C=O) groups excluding carboxylic acids is 1. The number of thiazole rings is 1. The normalized spacial score (nSPS) is 28.7. The first kappa shape index (κ1) is 19.4. The van der Waals surface area contributed by atoms with E-state index in [4.69, 9.17) is 4.74 Å². The smallest absolute Gasteiger partial charge is 0.204 e. The quantitative estimate of drug-likeness (QED) is 0.417. The fourth-order valence-corrected chi connectivity index (χ4v) is 3.60. The molecule has 5 N–H and O–H groups in total. The van der Waals surface area contributed by atoms with Gasteiger partial charge in [0.05, 0.1) is 17.7 Å². The van der Waals surface area contributed by atoms with Crippen molar-refractivity contribution in [3.63, 3.8) is 0 Å². The van der Waals surface area contributed by atoms with Gasteiger partial charge in [0.2, 0.25) is 5.78 Å². The van der Waals surface area contributed by atoms with Gasteiger partial charge in [0, 0.05) is 10.0 Å². The molecule has 1 fully saturated rings. The molecule has 1 aromatic heterocycles. The zero-order chi connectivity index (χ0) is 18.8. The van der Waals surface area contributed by atoms with Crippen molar-refractivity contribution in [2.24, 2.45) is 0 Å². The van der Waals surface area contributed by atoms with Gasteiger partial charge >= 0.3 is 0 Å². The number of aliphatic hydroxyl groups is 4. The number of ketones is 1. The van der Waals surface area contributed by atoms with Crippen molar-refractivity contribution in [2.45, 2.75) is 30.6 Å². The molecule has 1 aliphatic heterocycles. The highest BCUT2D eigenvalue weighted by molar-refractivity contribution is 9.10. The van der Waals surface area contributed by atoms with Gasteiger partial charge in [0.25, 0.3) is 0 Å². The molecule has 5 atom stereocenters. The van der Waals surface area contributed by atoms with Gasteiger partial charge in [0.1, 0.15) is 24.4 Å². The average Bonchev–Trinajstić information content (AvgIpc) is 3.11. The van der Waals surface area contributed by atoms with Crippen molar-refractivity contribution in [1.29, 1.82) is 0 Å². The highest BCUT2D eigenvalue weighted by atomic mass is 79.9. The van der Waals surface area contributed by atoms with Crippen LogP contribution in [0.5, 0.6) is 0 Å². The fourth-order valence-electron chi connectivity index (χ4n) is 2.53. The summed E-state index contributed by atoms with van der Waals surface area (Å²) in [5.74, 6) is -0.197. The van der Waals surface area contributed by atoms with Crippen LogP contribution in [0.1, 0.15) is 15.2 Å². The summed E-state index contributed by atoms with van der Waals surface area (Å²) in [4.78, 5) is 16.9. The zero-order valence-electron chi connectivity index (χ0n) is 13.3. The van der Waals surface area contributed by atoms with Crippen LogP contribution in [-0.2, 0) is 4.74 Å². The number of rotatable bonds is 5. The third-order valence-corrected chi connectivity index (χ3v) is 5.45. The standard InChI is InChI=1S/C16H17BrN2O6S/c17-8-3-1-7(2-4-8)11(21)10-5-18-16(26-10)19-15-14(24)13(23)12(22)9(6-20)25-15/h1-5,9,12-15,20,22-24H,6H2,(H,18,19). The topological polar surface area (TPSA) is 132 Å². The molecule has 10 heteroatoms. The molecule has 1 saturated heterocycles. The third kappa shape index (κ3) is 3.96. The molecular weight excluding hydrogens is 428 g/mol. The van der Waals surface area contributed by atoms with Crippen LogP contribution in [0, 0.1) is 0 Å². The molecule has 8 nitrogen and oxygen atoms in total. The minimum Gasteiger partial charge on any atom is -0.394 e. The lowest BCUT2D eigenvalue weighted by molar-refractivity contribution is -0.221. The molecule has 1 aromatic carbocycles. The number of halogens is 1. The molecule has 0 amide bonds. The lowest BCUT2D eigenvalue weighted by atomic mass is 9.98. The Hall–Kier alpha value is -1.40. The van der Waals surface area contributed by atoms with Gasteiger partial charge in [-0.25, -0.2) is 4.98 Å². The first-order valence-corrected chi connectivity index (χ1v) is 9.35. The lowest BCUT2D eigenvalue weighted by Gasteiger charge is -2.40. The van der Waals surface area contributed by atoms with Gasteiger partial charge < -0.3 is 30.5 Å². The number of ether oxygens (including phenoxy) is 1. The van der Waals surface area contributed by atoms with Crippen molar-refractivity contribution >= 4 is 38.2 Å². The van der Waals surface area contributed by atoms with Gasteiger partial charge in [0.15, 0.2) is 11.4 Å². The second kappa shape index (κ2) is 8.09. The molecule has 0 radical (unpaired) electrons. The van der Waals surface area contributed by atoms with Crippen LogP contribution in [0.25, 0.3) is 0 Å². The Morgan fingerprint density at radius 2 is 1.88 bits per heavy atom. The molecule has 0 aliphatic carbocycles. The van der Waals surface area contributed by atoms with E-state index in [9.17, 15) is 25.2 Å². The van der Waals surface area contributed by atoms with E-state index in [1.54, 1.807) is 24.3 Å². The van der Waals surface area contributed by atoms with Gasteiger partial charge in [-0.3, -0.25) is 4.79 Å². The molecule has 1 aliphatic rings. The summed E-state index contributed by atoms with van der Waals surface area (Å²) in [6, 6.07) is 6.91. The first-order chi connectivity index (χ1) is 12.4. The number of hydrogen-bond donors (Lipinski definition) is 5. The number of aromatic nitrogens is 1. The Bertz CT molecular complexity index is 768. The minimum absolute atomic E-state index is 0.197. The Morgan fingerprint density at radius 3 is 2.54 bits per heavy atom. The lowest BCUT2D eigenvalue weighted by Crippen LogP contribution is -2.60. The number of hydrogen-bond acceptors (Lipinski definition) is 9. The van der Waals surface area contributed by atoms with Crippen LogP contribution in [0.15, 0.2) is 34.9 Å². The summed E-state index contributed by atoms with van der Waals surface area (Å²) in [5, 5.41) is 41.9. The van der Waals surface area contributed by atoms with Gasteiger partial charge in [-0.15, -0.1) is 0 Å². The predicted molar refractivity (Wildman–Crippen MR) is 97.1 cm³/mol. The van der Waals surface area contributed by atoms with Crippen LogP contribution in [0.3, 0.4) is 0 Å². The number of nitrogens with one attached hydrogen (secondary N) is 1. The summed E-state index contributed by atoms with van der Waals surface area (Å²) in [6.45, 7) is -0.520. The summed E-state index contributed by atoms with van der Waals surface area (Å²) >= 11 is 4.38. The van der Waals surface area contributed by atoms with Crippen LogP contribution in [0.2, 0.25) is 0 Å². The molecule has 3 rings (SSSR count). The maximum absolute atomic E-state index is 12.5. The molecule has 2 heterocycles. The van der Waals surface area contributed by atoms with E-state index >= 15 is 0 Å². The Morgan fingerprint density at radius 1 is 1.19 bits per heavy atom. The molecule has 2 aromatic rings.